The summed E-state index contributed by atoms with van der Waals surface area (Å²) in [6.45, 7) is 3.02. The smallest absolute Gasteiger partial charge is 0.194 e. The van der Waals surface area contributed by atoms with Gasteiger partial charge in [0.15, 0.2) is 5.96 Å². The zero-order chi connectivity index (χ0) is 16.1. The minimum atomic E-state index is -0.241. The number of aromatic nitrogens is 1. The molecule has 0 unspecified atom stereocenters. The summed E-state index contributed by atoms with van der Waals surface area (Å²) in [5.41, 5.74) is 1.60. The Labute approximate surface area is 142 Å². The third-order valence-electron chi connectivity index (χ3n) is 3.09. The summed E-state index contributed by atoms with van der Waals surface area (Å²) in [6.07, 6.45) is 0. The SMILES string of the molecule is CN=C(NCc1ccc(Br)cc1F)N(C)Cc1csc(C)n1. The van der Waals surface area contributed by atoms with E-state index in [0.717, 1.165) is 15.2 Å². The molecule has 0 aliphatic heterocycles. The molecule has 0 spiro atoms. The summed E-state index contributed by atoms with van der Waals surface area (Å²) in [5.74, 6) is 0.461. The average Bonchev–Trinajstić information content (AvgIpc) is 2.86. The number of nitrogens with zero attached hydrogens (tertiary/aromatic N) is 3. The normalized spacial score (nSPS) is 11.6. The second kappa shape index (κ2) is 7.69. The van der Waals surface area contributed by atoms with Gasteiger partial charge in [0.2, 0.25) is 0 Å². The molecule has 7 heteroatoms. The van der Waals surface area contributed by atoms with E-state index >= 15 is 0 Å². The van der Waals surface area contributed by atoms with E-state index in [2.05, 4.69) is 31.2 Å². The first-order valence-corrected chi connectivity index (χ1v) is 8.43. The molecule has 0 bridgehead atoms. The monoisotopic (exact) mass is 384 g/mol. The van der Waals surface area contributed by atoms with Crippen molar-refractivity contribution in [2.45, 2.75) is 20.0 Å². The third kappa shape index (κ3) is 4.51. The molecule has 0 fully saturated rings. The van der Waals surface area contributed by atoms with E-state index in [4.69, 9.17) is 0 Å². The lowest BCUT2D eigenvalue weighted by molar-refractivity contribution is 0.469. The fourth-order valence-electron chi connectivity index (χ4n) is 2.02. The zero-order valence-electron chi connectivity index (χ0n) is 12.7. The third-order valence-corrected chi connectivity index (χ3v) is 4.41. The highest BCUT2D eigenvalue weighted by Gasteiger charge is 2.10. The summed E-state index contributed by atoms with van der Waals surface area (Å²) in [6, 6.07) is 5.04. The first-order chi connectivity index (χ1) is 10.5. The van der Waals surface area contributed by atoms with Crippen molar-refractivity contribution in [3.05, 3.63) is 50.1 Å². The minimum absolute atomic E-state index is 0.241. The molecule has 0 saturated carbocycles. The van der Waals surface area contributed by atoms with E-state index in [1.807, 2.05) is 30.3 Å². The minimum Gasteiger partial charge on any atom is -0.352 e. The molecule has 0 aliphatic rings. The Balaban J connectivity index is 1.97. The van der Waals surface area contributed by atoms with Crippen molar-refractivity contribution in [1.82, 2.24) is 15.2 Å². The zero-order valence-corrected chi connectivity index (χ0v) is 15.1. The van der Waals surface area contributed by atoms with Gasteiger partial charge in [0.25, 0.3) is 0 Å². The summed E-state index contributed by atoms with van der Waals surface area (Å²) in [5, 5.41) is 6.25. The highest BCUT2D eigenvalue weighted by atomic mass is 79.9. The highest BCUT2D eigenvalue weighted by molar-refractivity contribution is 9.10. The van der Waals surface area contributed by atoms with Crippen LogP contribution in [0.15, 0.2) is 33.0 Å². The van der Waals surface area contributed by atoms with Crippen LogP contribution in [0.4, 0.5) is 4.39 Å². The van der Waals surface area contributed by atoms with Crippen molar-refractivity contribution in [2.75, 3.05) is 14.1 Å². The van der Waals surface area contributed by atoms with Crippen molar-refractivity contribution < 1.29 is 4.39 Å². The number of nitrogens with one attached hydrogen (secondary N) is 1. The second-order valence-corrected chi connectivity index (χ2v) is 6.83. The van der Waals surface area contributed by atoms with Crippen LogP contribution >= 0.6 is 27.3 Å². The van der Waals surface area contributed by atoms with Gasteiger partial charge in [-0.3, -0.25) is 4.99 Å². The quantitative estimate of drug-likeness (QED) is 0.646. The number of aliphatic imine (C=N–C) groups is 1. The molecule has 118 valence electrons. The van der Waals surface area contributed by atoms with Crippen LogP contribution < -0.4 is 5.32 Å². The van der Waals surface area contributed by atoms with E-state index in [1.165, 1.54) is 6.07 Å². The second-order valence-electron chi connectivity index (χ2n) is 4.85. The summed E-state index contributed by atoms with van der Waals surface area (Å²) in [7, 11) is 3.64. The van der Waals surface area contributed by atoms with Gasteiger partial charge >= 0.3 is 0 Å². The van der Waals surface area contributed by atoms with E-state index in [9.17, 15) is 4.39 Å². The Bertz CT molecular complexity index is 671. The highest BCUT2D eigenvalue weighted by Crippen LogP contribution is 2.15. The number of rotatable bonds is 4. The molecule has 1 aromatic heterocycles. The number of guanidine groups is 1. The van der Waals surface area contributed by atoms with E-state index < -0.39 is 0 Å². The Morgan fingerprint density at radius 1 is 1.50 bits per heavy atom. The first kappa shape index (κ1) is 16.9. The fraction of sp³-hybridized carbons (Fsp3) is 0.333. The van der Waals surface area contributed by atoms with Crippen LogP contribution in [-0.2, 0) is 13.1 Å². The summed E-state index contributed by atoms with van der Waals surface area (Å²) in [4.78, 5) is 10.6. The van der Waals surface area contributed by atoms with Gasteiger partial charge in [-0.15, -0.1) is 11.3 Å². The molecular weight excluding hydrogens is 367 g/mol. The molecule has 2 rings (SSSR count). The molecule has 0 atom stereocenters. The molecule has 0 aliphatic carbocycles. The van der Waals surface area contributed by atoms with Gasteiger partial charge in [0.05, 0.1) is 17.2 Å². The molecule has 1 N–H and O–H groups in total. The molecule has 0 amide bonds. The summed E-state index contributed by atoms with van der Waals surface area (Å²) >= 11 is 4.88. The van der Waals surface area contributed by atoms with Crippen LogP contribution in [-0.4, -0.2) is 29.9 Å². The fourth-order valence-corrected chi connectivity index (χ4v) is 2.96. The van der Waals surface area contributed by atoms with E-state index in [1.54, 1.807) is 24.5 Å². The van der Waals surface area contributed by atoms with Gasteiger partial charge in [-0.1, -0.05) is 22.0 Å². The molecular formula is C15H18BrFN4S. The molecule has 22 heavy (non-hydrogen) atoms. The van der Waals surface area contributed by atoms with Gasteiger partial charge in [0, 0.05) is 36.1 Å². The molecule has 1 heterocycles. The lowest BCUT2D eigenvalue weighted by Gasteiger charge is -2.21. The van der Waals surface area contributed by atoms with Crippen LogP contribution in [0.2, 0.25) is 0 Å². The maximum Gasteiger partial charge on any atom is 0.194 e. The van der Waals surface area contributed by atoms with Crippen molar-refractivity contribution in [3.8, 4) is 0 Å². The predicted molar refractivity (Wildman–Crippen MR) is 92.6 cm³/mol. The maximum absolute atomic E-state index is 13.8. The number of thiazole rings is 1. The molecule has 1 aromatic carbocycles. The van der Waals surface area contributed by atoms with Crippen LogP contribution in [0.3, 0.4) is 0 Å². The predicted octanol–water partition coefficient (Wildman–Crippen LogP) is 3.56. The van der Waals surface area contributed by atoms with Crippen LogP contribution in [0.25, 0.3) is 0 Å². The molecule has 0 radical (unpaired) electrons. The largest absolute Gasteiger partial charge is 0.352 e. The van der Waals surface area contributed by atoms with Gasteiger partial charge in [-0.25, -0.2) is 9.37 Å². The van der Waals surface area contributed by atoms with Gasteiger partial charge in [-0.05, 0) is 19.1 Å². The molecule has 4 nitrogen and oxygen atoms in total. The molecule has 2 aromatic rings. The van der Waals surface area contributed by atoms with Gasteiger partial charge < -0.3 is 10.2 Å². The van der Waals surface area contributed by atoms with Crippen LogP contribution in [0.1, 0.15) is 16.3 Å². The number of hydrogen-bond donors (Lipinski definition) is 1. The van der Waals surface area contributed by atoms with Crippen LogP contribution in [0, 0.1) is 12.7 Å². The van der Waals surface area contributed by atoms with Crippen molar-refractivity contribution >= 4 is 33.2 Å². The number of aryl methyl sites for hydroxylation is 1. The number of halogens is 2. The van der Waals surface area contributed by atoms with Gasteiger partial charge in [0.1, 0.15) is 5.82 Å². The van der Waals surface area contributed by atoms with Crippen molar-refractivity contribution in [3.63, 3.8) is 0 Å². The Kier molecular flexibility index (Phi) is 5.90. The van der Waals surface area contributed by atoms with Crippen molar-refractivity contribution in [1.29, 1.82) is 0 Å². The summed E-state index contributed by atoms with van der Waals surface area (Å²) < 4.78 is 14.6. The Morgan fingerprint density at radius 3 is 2.86 bits per heavy atom. The van der Waals surface area contributed by atoms with Crippen molar-refractivity contribution in [2.24, 2.45) is 4.99 Å². The lowest BCUT2D eigenvalue weighted by Crippen LogP contribution is -2.38. The first-order valence-electron chi connectivity index (χ1n) is 6.76. The average molecular weight is 385 g/mol. The Morgan fingerprint density at radius 2 is 2.27 bits per heavy atom. The van der Waals surface area contributed by atoms with Crippen LogP contribution in [0.5, 0.6) is 0 Å². The number of hydrogen-bond acceptors (Lipinski definition) is 3. The van der Waals surface area contributed by atoms with E-state index in [-0.39, 0.29) is 5.82 Å². The van der Waals surface area contributed by atoms with Gasteiger partial charge in [-0.2, -0.15) is 0 Å². The standard InChI is InChI=1S/C15H18BrFN4S/c1-10-20-13(9-22-10)8-21(3)15(18-2)19-7-11-4-5-12(16)6-14(11)17/h4-6,9H,7-8H2,1-3H3,(H,18,19). The number of benzene rings is 1. The topological polar surface area (TPSA) is 40.5 Å². The van der Waals surface area contributed by atoms with E-state index in [0.29, 0.717) is 24.6 Å². The lowest BCUT2D eigenvalue weighted by atomic mass is 10.2. The maximum atomic E-state index is 13.8. The Hall–Kier alpha value is -1.47. The molecule has 0 saturated heterocycles.